The van der Waals surface area contributed by atoms with Gasteiger partial charge in [0.15, 0.2) is 6.29 Å². The number of nitrogens with two attached hydrogens (primary N) is 1. The second-order valence-electron chi connectivity index (χ2n) is 10.6. The van der Waals surface area contributed by atoms with E-state index in [9.17, 15) is 9.90 Å². The summed E-state index contributed by atoms with van der Waals surface area (Å²) in [5.41, 5.74) is 8.63. The molecule has 2 heterocycles. The van der Waals surface area contributed by atoms with Gasteiger partial charge in [-0.15, -0.1) is 0 Å². The van der Waals surface area contributed by atoms with E-state index in [2.05, 4.69) is 24.1 Å². The molecule has 0 bridgehead atoms. The molecule has 4 rings (SSSR count). The van der Waals surface area contributed by atoms with Crippen molar-refractivity contribution in [1.29, 1.82) is 0 Å². The average molecular weight is 528 g/mol. The number of aliphatic hydroxyl groups excluding tert-OH is 1. The molecular formula is C29H41N3O6. The van der Waals surface area contributed by atoms with Crippen LogP contribution in [0.1, 0.15) is 31.4 Å². The molecule has 0 unspecified atom stereocenters. The zero-order valence-corrected chi connectivity index (χ0v) is 22.5. The molecular weight excluding hydrogens is 486 g/mol. The third-order valence-electron chi connectivity index (χ3n) is 7.08. The average Bonchev–Trinajstić information content (AvgIpc) is 3.50. The Hall–Kier alpha value is -2.85. The van der Waals surface area contributed by atoms with Gasteiger partial charge >= 0.3 is 6.09 Å². The lowest BCUT2D eigenvalue weighted by Gasteiger charge is -2.31. The van der Waals surface area contributed by atoms with Crippen LogP contribution in [0.2, 0.25) is 0 Å². The Morgan fingerprint density at radius 1 is 1.16 bits per heavy atom. The summed E-state index contributed by atoms with van der Waals surface area (Å²) in [5.74, 6) is 1.06. The number of fused-ring (bicyclic) bond motifs is 1. The first-order valence-electron chi connectivity index (χ1n) is 13.4. The summed E-state index contributed by atoms with van der Waals surface area (Å²) >= 11 is 0. The number of nitrogens with zero attached hydrogens (tertiary/aromatic N) is 1. The SMILES string of the molecule is COc1cc(CN(CC(C)C)C[C@@H](O)[C@H](Cc2ccccc2)NC(=O)O[C@H]2CO[C@H]3OCC[C@H]32)ccc1N. The van der Waals surface area contributed by atoms with Crippen molar-refractivity contribution in [2.75, 3.05) is 39.1 Å². The van der Waals surface area contributed by atoms with E-state index in [1.54, 1.807) is 7.11 Å². The number of methoxy groups -OCH3 is 1. The Balaban J connectivity index is 1.44. The highest BCUT2D eigenvalue weighted by atomic mass is 16.7. The molecule has 9 heteroatoms. The summed E-state index contributed by atoms with van der Waals surface area (Å²) in [6, 6.07) is 15.0. The highest BCUT2D eigenvalue weighted by Gasteiger charge is 2.44. The fourth-order valence-corrected chi connectivity index (χ4v) is 5.25. The fraction of sp³-hybridized carbons (Fsp3) is 0.552. The van der Waals surface area contributed by atoms with Crippen LogP contribution in [0.3, 0.4) is 0 Å². The van der Waals surface area contributed by atoms with Crippen molar-refractivity contribution in [3.05, 3.63) is 59.7 Å². The van der Waals surface area contributed by atoms with Crippen LogP contribution < -0.4 is 15.8 Å². The number of benzene rings is 2. The Kier molecular flexibility index (Phi) is 9.85. The van der Waals surface area contributed by atoms with E-state index in [1.165, 1.54) is 0 Å². The lowest BCUT2D eigenvalue weighted by molar-refractivity contribution is -0.0907. The lowest BCUT2D eigenvalue weighted by Crippen LogP contribution is -2.50. The number of amides is 1. The number of ether oxygens (including phenoxy) is 4. The highest BCUT2D eigenvalue weighted by molar-refractivity contribution is 5.68. The molecule has 2 saturated heterocycles. The van der Waals surface area contributed by atoms with Crippen molar-refractivity contribution in [2.24, 2.45) is 11.8 Å². The van der Waals surface area contributed by atoms with E-state index >= 15 is 0 Å². The van der Waals surface area contributed by atoms with Crippen LogP contribution >= 0.6 is 0 Å². The Morgan fingerprint density at radius 3 is 2.68 bits per heavy atom. The van der Waals surface area contributed by atoms with Gasteiger partial charge in [0.25, 0.3) is 0 Å². The number of carbonyl (C=O) groups excluding carboxylic acids is 1. The maximum absolute atomic E-state index is 13.0. The van der Waals surface area contributed by atoms with Crippen LogP contribution in [-0.2, 0) is 27.2 Å². The van der Waals surface area contributed by atoms with E-state index in [-0.39, 0.29) is 18.3 Å². The Morgan fingerprint density at radius 2 is 1.95 bits per heavy atom. The molecule has 2 aromatic carbocycles. The van der Waals surface area contributed by atoms with Gasteiger partial charge in [0.05, 0.1) is 44.1 Å². The Bertz CT molecular complexity index is 1040. The van der Waals surface area contributed by atoms with Crippen molar-refractivity contribution in [3.8, 4) is 5.75 Å². The van der Waals surface area contributed by atoms with Crippen molar-refractivity contribution in [1.82, 2.24) is 10.2 Å². The molecule has 0 saturated carbocycles. The van der Waals surface area contributed by atoms with Crippen LogP contribution in [-0.4, -0.2) is 74.1 Å². The third-order valence-corrected chi connectivity index (χ3v) is 7.08. The van der Waals surface area contributed by atoms with E-state index in [1.807, 2.05) is 48.5 Å². The number of hydrogen-bond donors (Lipinski definition) is 3. The van der Waals surface area contributed by atoms with Crippen molar-refractivity contribution < 1.29 is 28.8 Å². The van der Waals surface area contributed by atoms with Gasteiger partial charge in [0.2, 0.25) is 0 Å². The van der Waals surface area contributed by atoms with Crippen LogP contribution in [0.25, 0.3) is 0 Å². The number of rotatable bonds is 12. The number of alkyl carbamates (subject to hydrolysis) is 1. The number of anilines is 1. The number of aliphatic hydroxyl groups is 1. The van der Waals surface area contributed by atoms with E-state index < -0.39 is 18.2 Å². The molecule has 2 aliphatic rings. The minimum atomic E-state index is -0.834. The first-order valence-corrected chi connectivity index (χ1v) is 13.4. The van der Waals surface area contributed by atoms with Crippen LogP contribution in [0, 0.1) is 11.8 Å². The fourth-order valence-electron chi connectivity index (χ4n) is 5.25. The first kappa shape index (κ1) is 28.2. The van der Waals surface area contributed by atoms with Gasteiger partial charge in [-0.1, -0.05) is 50.2 Å². The normalized spacial score (nSPS) is 22.3. The summed E-state index contributed by atoms with van der Waals surface area (Å²) in [5, 5.41) is 14.4. The maximum Gasteiger partial charge on any atom is 0.407 e. The molecule has 0 radical (unpaired) electrons. The van der Waals surface area contributed by atoms with Crippen molar-refractivity contribution in [2.45, 2.75) is 57.8 Å². The topological polar surface area (TPSA) is 116 Å². The van der Waals surface area contributed by atoms with Gasteiger partial charge < -0.3 is 35.1 Å². The molecule has 0 aromatic heterocycles. The second kappa shape index (κ2) is 13.3. The largest absolute Gasteiger partial charge is 0.495 e. The van der Waals surface area contributed by atoms with Crippen LogP contribution in [0.15, 0.2) is 48.5 Å². The van der Waals surface area contributed by atoms with Gasteiger partial charge in [0.1, 0.15) is 11.9 Å². The number of nitrogen functional groups attached to an aromatic ring is 1. The summed E-state index contributed by atoms with van der Waals surface area (Å²) in [6.07, 6.45) is -0.758. The van der Waals surface area contributed by atoms with Gasteiger partial charge in [-0.05, 0) is 42.0 Å². The number of nitrogens with one attached hydrogen (secondary N) is 1. The smallest absolute Gasteiger partial charge is 0.407 e. The predicted molar refractivity (Wildman–Crippen MR) is 145 cm³/mol. The van der Waals surface area contributed by atoms with Gasteiger partial charge in [0, 0.05) is 19.6 Å². The van der Waals surface area contributed by atoms with E-state index in [0.29, 0.717) is 50.1 Å². The minimum Gasteiger partial charge on any atom is -0.495 e. The number of carbonyl (C=O) groups is 1. The van der Waals surface area contributed by atoms with E-state index in [4.69, 9.17) is 24.7 Å². The standard InChI is InChI=1S/C29H41N3O6/c1-19(2)15-32(16-21-9-10-23(30)26(14-21)35-3)17-25(33)24(13-20-7-5-4-6-8-20)31-29(34)38-27-18-37-28-22(27)11-12-36-28/h4-10,14,19,22,24-25,27-28,33H,11-13,15-18,30H2,1-3H3,(H,31,34)/t22-,24-,25+,27-,28+/m0/s1. The van der Waals surface area contributed by atoms with Crippen LogP contribution in [0.5, 0.6) is 5.75 Å². The van der Waals surface area contributed by atoms with Crippen LogP contribution in [0.4, 0.5) is 10.5 Å². The zero-order chi connectivity index (χ0) is 27.1. The molecule has 2 aromatic rings. The first-order chi connectivity index (χ1) is 18.3. The van der Waals surface area contributed by atoms with Gasteiger partial charge in [-0.2, -0.15) is 0 Å². The summed E-state index contributed by atoms with van der Waals surface area (Å²) in [6.45, 7) is 6.96. The van der Waals surface area contributed by atoms with Gasteiger partial charge in [-0.25, -0.2) is 4.79 Å². The lowest BCUT2D eigenvalue weighted by atomic mass is 10.00. The molecule has 1 amide bonds. The molecule has 208 valence electrons. The summed E-state index contributed by atoms with van der Waals surface area (Å²) in [4.78, 5) is 15.2. The zero-order valence-electron chi connectivity index (χ0n) is 22.5. The van der Waals surface area contributed by atoms with Crippen molar-refractivity contribution >= 4 is 11.8 Å². The Labute approximate surface area is 225 Å². The molecule has 0 spiro atoms. The molecule has 2 aliphatic heterocycles. The molecule has 4 N–H and O–H groups in total. The molecule has 9 nitrogen and oxygen atoms in total. The second-order valence-corrected chi connectivity index (χ2v) is 10.6. The maximum atomic E-state index is 13.0. The van der Waals surface area contributed by atoms with Crippen molar-refractivity contribution in [3.63, 3.8) is 0 Å². The monoisotopic (exact) mass is 527 g/mol. The van der Waals surface area contributed by atoms with E-state index in [0.717, 1.165) is 24.1 Å². The highest BCUT2D eigenvalue weighted by Crippen LogP contribution is 2.33. The third kappa shape index (κ3) is 7.60. The molecule has 38 heavy (non-hydrogen) atoms. The molecule has 5 atom stereocenters. The quantitative estimate of drug-likeness (QED) is 0.361. The number of hydrogen-bond acceptors (Lipinski definition) is 8. The summed E-state index contributed by atoms with van der Waals surface area (Å²) < 4.78 is 22.3. The summed E-state index contributed by atoms with van der Waals surface area (Å²) in [7, 11) is 1.60. The van der Waals surface area contributed by atoms with Gasteiger partial charge in [-0.3, -0.25) is 4.90 Å². The molecule has 0 aliphatic carbocycles. The molecule has 2 fully saturated rings. The predicted octanol–water partition coefficient (Wildman–Crippen LogP) is 3.20. The minimum absolute atomic E-state index is 0.0525.